The number of methoxy groups -OCH3 is 1. The Labute approximate surface area is 144 Å². The Morgan fingerprint density at radius 3 is 2.84 bits per heavy atom. The standard InChI is InChI=1S/C18H18N4O3/c1-11-5-4-6-16-20-12(2)17(22(11)16)18(24)21-19-10-13-7-8-15(25-3)14(23)9-13/h4-10,23H,1-3H3,(H,21,24). The molecule has 3 aromatic rings. The predicted molar refractivity (Wildman–Crippen MR) is 94.4 cm³/mol. The van der Waals surface area contributed by atoms with Crippen molar-refractivity contribution in [2.45, 2.75) is 13.8 Å². The van der Waals surface area contributed by atoms with E-state index in [2.05, 4.69) is 15.5 Å². The molecule has 1 aromatic carbocycles. The van der Waals surface area contributed by atoms with Gasteiger partial charge in [-0.15, -0.1) is 0 Å². The highest BCUT2D eigenvalue weighted by molar-refractivity contribution is 5.95. The topological polar surface area (TPSA) is 88.2 Å². The maximum atomic E-state index is 12.5. The zero-order valence-electron chi connectivity index (χ0n) is 14.1. The van der Waals surface area contributed by atoms with Crippen LogP contribution in [0.2, 0.25) is 0 Å². The van der Waals surface area contributed by atoms with E-state index in [-0.39, 0.29) is 11.7 Å². The average molecular weight is 338 g/mol. The van der Waals surface area contributed by atoms with Gasteiger partial charge in [-0.2, -0.15) is 5.10 Å². The van der Waals surface area contributed by atoms with E-state index in [1.807, 2.05) is 25.1 Å². The first kappa shape index (κ1) is 16.5. The summed E-state index contributed by atoms with van der Waals surface area (Å²) in [6, 6.07) is 10.5. The van der Waals surface area contributed by atoms with Gasteiger partial charge in [0.1, 0.15) is 11.3 Å². The van der Waals surface area contributed by atoms with Crippen molar-refractivity contribution in [1.82, 2.24) is 14.8 Å². The summed E-state index contributed by atoms with van der Waals surface area (Å²) in [5.74, 6) is 0.0253. The van der Waals surface area contributed by atoms with E-state index in [0.717, 1.165) is 5.69 Å². The van der Waals surface area contributed by atoms with Crippen LogP contribution < -0.4 is 10.2 Å². The number of pyridine rings is 1. The first-order valence-electron chi connectivity index (χ1n) is 7.66. The fraction of sp³-hybridized carbons (Fsp3) is 0.167. The number of hydrogen-bond donors (Lipinski definition) is 2. The monoisotopic (exact) mass is 338 g/mol. The number of phenolic OH excluding ortho intramolecular Hbond substituents is 1. The number of carbonyl (C=O) groups excluding carboxylic acids is 1. The van der Waals surface area contributed by atoms with Crippen LogP contribution in [-0.4, -0.2) is 33.7 Å². The molecule has 2 heterocycles. The van der Waals surface area contributed by atoms with Crippen molar-refractivity contribution in [2.75, 3.05) is 7.11 Å². The molecule has 1 amide bonds. The van der Waals surface area contributed by atoms with Crippen LogP contribution in [0.1, 0.15) is 27.4 Å². The van der Waals surface area contributed by atoms with E-state index in [4.69, 9.17) is 4.74 Å². The third-order valence-corrected chi connectivity index (χ3v) is 3.81. The molecule has 0 bridgehead atoms. The van der Waals surface area contributed by atoms with Gasteiger partial charge in [-0.3, -0.25) is 9.20 Å². The van der Waals surface area contributed by atoms with E-state index in [0.29, 0.717) is 28.3 Å². The van der Waals surface area contributed by atoms with E-state index < -0.39 is 0 Å². The summed E-state index contributed by atoms with van der Waals surface area (Å²) >= 11 is 0. The van der Waals surface area contributed by atoms with Crippen molar-refractivity contribution >= 4 is 17.8 Å². The average Bonchev–Trinajstić information content (AvgIpc) is 2.92. The summed E-state index contributed by atoms with van der Waals surface area (Å²) in [7, 11) is 1.48. The fourth-order valence-corrected chi connectivity index (χ4v) is 2.64. The van der Waals surface area contributed by atoms with Crippen LogP contribution in [0.25, 0.3) is 5.65 Å². The lowest BCUT2D eigenvalue weighted by Crippen LogP contribution is -2.21. The highest BCUT2D eigenvalue weighted by Crippen LogP contribution is 2.25. The van der Waals surface area contributed by atoms with E-state index in [9.17, 15) is 9.90 Å². The van der Waals surface area contributed by atoms with Crippen LogP contribution in [0.3, 0.4) is 0 Å². The lowest BCUT2D eigenvalue weighted by molar-refractivity contribution is 0.0948. The second-order valence-electron chi connectivity index (χ2n) is 5.54. The van der Waals surface area contributed by atoms with Gasteiger partial charge in [0.25, 0.3) is 5.91 Å². The Morgan fingerprint density at radius 1 is 1.32 bits per heavy atom. The molecule has 0 radical (unpaired) electrons. The van der Waals surface area contributed by atoms with Gasteiger partial charge >= 0.3 is 0 Å². The number of nitrogens with zero attached hydrogens (tertiary/aromatic N) is 3. The number of benzene rings is 1. The van der Waals surface area contributed by atoms with Crippen molar-refractivity contribution in [3.63, 3.8) is 0 Å². The van der Waals surface area contributed by atoms with Gasteiger partial charge in [0.2, 0.25) is 0 Å². The van der Waals surface area contributed by atoms with Gasteiger partial charge in [0, 0.05) is 5.69 Å². The largest absolute Gasteiger partial charge is 0.504 e. The van der Waals surface area contributed by atoms with Gasteiger partial charge in [-0.05, 0) is 49.7 Å². The van der Waals surface area contributed by atoms with Gasteiger partial charge < -0.3 is 9.84 Å². The number of phenols is 1. The smallest absolute Gasteiger partial charge is 0.290 e. The lowest BCUT2D eigenvalue weighted by atomic mass is 10.2. The second kappa shape index (κ2) is 6.64. The Kier molecular flexibility index (Phi) is 4.38. The second-order valence-corrected chi connectivity index (χ2v) is 5.54. The molecule has 0 atom stereocenters. The molecule has 128 valence electrons. The van der Waals surface area contributed by atoms with Gasteiger partial charge in [-0.25, -0.2) is 10.4 Å². The maximum Gasteiger partial charge on any atom is 0.290 e. The molecule has 2 aromatic heterocycles. The third kappa shape index (κ3) is 3.16. The zero-order valence-corrected chi connectivity index (χ0v) is 14.1. The number of rotatable bonds is 4. The number of nitrogens with one attached hydrogen (secondary N) is 1. The maximum absolute atomic E-state index is 12.5. The third-order valence-electron chi connectivity index (χ3n) is 3.81. The number of ether oxygens (including phenoxy) is 1. The molecule has 0 aliphatic heterocycles. The van der Waals surface area contributed by atoms with Gasteiger partial charge in [0.05, 0.1) is 19.0 Å². The van der Waals surface area contributed by atoms with Crippen molar-refractivity contribution in [1.29, 1.82) is 0 Å². The summed E-state index contributed by atoms with van der Waals surface area (Å²) in [6.07, 6.45) is 1.45. The molecule has 0 unspecified atom stereocenters. The number of carbonyl (C=O) groups is 1. The van der Waals surface area contributed by atoms with Crippen LogP contribution >= 0.6 is 0 Å². The molecule has 7 heteroatoms. The normalized spacial score (nSPS) is 11.2. The minimum atomic E-state index is -0.353. The Hall–Kier alpha value is -3.35. The van der Waals surface area contributed by atoms with Crippen molar-refractivity contribution in [3.8, 4) is 11.5 Å². The summed E-state index contributed by atoms with van der Waals surface area (Å²) < 4.78 is 6.77. The molecule has 0 spiro atoms. The minimum Gasteiger partial charge on any atom is -0.504 e. The molecular weight excluding hydrogens is 320 g/mol. The zero-order chi connectivity index (χ0) is 18.0. The quantitative estimate of drug-likeness (QED) is 0.565. The molecule has 3 rings (SSSR count). The Balaban J connectivity index is 1.81. The number of aromatic nitrogens is 2. The first-order chi connectivity index (χ1) is 12.0. The van der Waals surface area contributed by atoms with E-state index >= 15 is 0 Å². The highest BCUT2D eigenvalue weighted by atomic mass is 16.5. The summed E-state index contributed by atoms with van der Waals surface area (Å²) in [4.78, 5) is 16.9. The lowest BCUT2D eigenvalue weighted by Gasteiger charge is -2.05. The van der Waals surface area contributed by atoms with E-state index in [1.165, 1.54) is 19.4 Å². The van der Waals surface area contributed by atoms with Crippen molar-refractivity contribution in [3.05, 3.63) is 59.0 Å². The number of hydrogen-bond acceptors (Lipinski definition) is 5. The fourth-order valence-electron chi connectivity index (χ4n) is 2.64. The van der Waals surface area contributed by atoms with Crippen LogP contribution in [-0.2, 0) is 0 Å². The van der Waals surface area contributed by atoms with Crippen LogP contribution in [0, 0.1) is 13.8 Å². The highest BCUT2D eigenvalue weighted by Gasteiger charge is 2.17. The molecule has 0 aliphatic rings. The summed E-state index contributed by atoms with van der Waals surface area (Å²) in [5, 5.41) is 13.7. The summed E-state index contributed by atoms with van der Waals surface area (Å²) in [6.45, 7) is 3.70. The SMILES string of the molecule is COc1ccc(C=NNC(=O)c2c(C)nc3cccc(C)n23)cc1O. The molecule has 2 N–H and O–H groups in total. The molecule has 0 saturated carbocycles. The molecule has 0 saturated heterocycles. The molecule has 0 aliphatic carbocycles. The Bertz CT molecular complexity index is 976. The number of hydrazone groups is 1. The minimum absolute atomic E-state index is 0.00558. The van der Waals surface area contributed by atoms with Crippen molar-refractivity contribution in [2.24, 2.45) is 5.10 Å². The molecular formula is C18H18N4O3. The number of aryl methyl sites for hydroxylation is 2. The predicted octanol–water partition coefficient (Wildman–Crippen LogP) is 2.43. The van der Waals surface area contributed by atoms with Crippen LogP contribution in [0.5, 0.6) is 11.5 Å². The number of imidazole rings is 1. The van der Waals surface area contributed by atoms with Crippen LogP contribution in [0.15, 0.2) is 41.5 Å². The first-order valence-corrected chi connectivity index (χ1v) is 7.66. The van der Waals surface area contributed by atoms with Crippen molar-refractivity contribution < 1.29 is 14.6 Å². The number of aromatic hydroxyl groups is 1. The number of fused-ring (bicyclic) bond motifs is 1. The van der Waals surface area contributed by atoms with Crippen LogP contribution in [0.4, 0.5) is 0 Å². The molecule has 25 heavy (non-hydrogen) atoms. The summed E-state index contributed by atoms with van der Waals surface area (Å²) in [5.41, 5.74) is 5.83. The van der Waals surface area contributed by atoms with Gasteiger partial charge in [0.15, 0.2) is 11.5 Å². The number of amides is 1. The van der Waals surface area contributed by atoms with E-state index in [1.54, 1.807) is 23.5 Å². The van der Waals surface area contributed by atoms with Gasteiger partial charge in [-0.1, -0.05) is 6.07 Å². The molecule has 0 fully saturated rings. The Morgan fingerprint density at radius 2 is 2.12 bits per heavy atom. The molecule has 7 nitrogen and oxygen atoms in total.